The van der Waals surface area contributed by atoms with Crippen LogP contribution in [-0.2, 0) is 0 Å². The highest BCUT2D eigenvalue weighted by Gasteiger charge is 2.34. The average Bonchev–Trinajstić information content (AvgIpc) is 1.93. The lowest BCUT2D eigenvalue weighted by Gasteiger charge is -2.31. The van der Waals surface area contributed by atoms with Crippen LogP contribution in [0.25, 0.3) is 0 Å². The van der Waals surface area contributed by atoms with Crippen molar-refractivity contribution in [2.24, 2.45) is 0 Å². The third-order valence-electron chi connectivity index (χ3n) is 1.90. The maximum absolute atomic E-state index is 8.96. The summed E-state index contributed by atoms with van der Waals surface area (Å²) in [6, 6.07) is 0. The Labute approximate surface area is 58.7 Å². The van der Waals surface area contributed by atoms with Gasteiger partial charge in [0.05, 0.1) is 12.2 Å². The van der Waals surface area contributed by atoms with Crippen molar-refractivity contribution < 1.29 is 20.4 Å². The molecule has 0 amide bonds. The van der Waals surface area contributed by atoms with Gasteiger partial charge in [-0.05, 0) is 12.8 Å². The number of hydrogen-bond acceptors (Lipinski definition) is 4. The van der Waals surface area contributed by atoms with E-state index in [4.69, 9.17) is 20.4 Å². The molecule has 0 aromatic rings. The fourth-order valence-corrected chi connectivity index (χ4v) is 1.14. The number of aliphatic hydroxyl groups excluding tert-OH is 4. The minimum atomic E-state index is -1.19. The van der Waals surface area contributed by atoms with Crippen LogP contribution >= 0.6 is 0 Å². The zero-order valence-electron chi connectivity index (χ0n) is 5.51. The largest absolute Gasteiger partial charge is 0.390 e. The Bertz CT molecular complexity index is 102. The Hall–Kier alpha value is -0.160. The third kappa shape index (κ3) is 1.29. The van der Waals surface area contributed by atoms with Gasteiger partial charge in [0.15, 0.2) is 0 Å². The summed E-state index contributed by atoms with van der Waals surface area (Å²) in [5.74, 6) is 0. The number of rotatable bonds is 0. The maximum atomic E-state index is 8.96. The van der Waals surface area contributed by atoms with Crippen LogP contribution in [0.15, 0.2) is 0 Å². The van der Waals surface area contributed by atoms with Crippen LogP contribution in [0.5, 0.6) is 0 Å². The van der Waals surface area contributed by atoms with Crippen molar-refractivity contribution in [3.05, 3.63) is 0 Å². The molecule has 0 aliphatic heterocycles. The van der Waals surface area contributed by atoms with Gasteiger partial charge < -0.3 is 20.4 Å². The molecule has 1 saturated carbocycles. The zero-order valence-corrected chi connectivity index (χ0v) is 5.51. The van der Waals surface area contributed by atoms with Crippen LogP contribution in [0.3, 0.4) is 0 Å². The van der Waals surface area contributed by atoms with Crippen molar-refractivity contribution in [2.45, 2.75) is 37.3 Å². The van der Waals surface area contributed by atoms with Gasteiger partial charge in [0.25, 0.3) is 0 Å². The molecule has 4 heteroatoms. The summed E-state index contributed by atoms with van der Waals surface area (Å²) in [6.45, 7) is 0. The zero-order chi connectivity index (χ0) is 7.72. The molecule has 0 aromatic heterocycles. The van der Waals surface area contributed by atoms with Gasteiger partial charge in [-0.3, -0.25) is 0 Å². The molecule has 4 atom stereocenters. The lowest BCUT2D eigenvalue weighted by Crippen LogP contribution is -2.48. The smallest absolute Gasteiger partial charge is 0.108 e. The van der Waals surface area contributed by atoms with Crippen LogP contribution in [-0.4, -0.2) is 44.8 Å². The molecule has 60 valence electrons. The average molecular weight is 148 g/mol. The van der Waals surface area contributed by atoms with E-state index in [0.29, 0.717) is 12.8 Å². The van der Waals surface area contributed by atoms with Crippen LogP contribution in [0.1, 0.15) is 12.8 Å². The first-order chi connectivity index (χ1) is 4.63. The Balaban J connectivity index is 2.52. The first kappa shape index (κ1) is 7.94. The quantitative estimate of drug-likeness (QED) is 0.327. The molecular formula is C6H12O4. The Kier molecular flexibility index (Phi) is 2.25. The van der Waals surface area contributed by atoms with Crippen molar-refractivity contribution in [3.63, 3.8) is 0 Å². The second-order valence-electron chi connectivity index (χ2n) is 2.69. The Morgan fingerprint density at radius 2 is 1.00 bits per heavy atom. The van der Waals surface area contributed by atoms with Crippen molar-refractivity contribution in [1.29, 1.82) is 0 Å². The second kappa shape index (κ2) is 2.84. The predicted molar refractivity (Wildman–Crippen MR) is 33.3 cm³/mol. The highest BCUT2D eigenvalue weighted by Crippen LogP contribution is 2.19. The molecule has 0 radical (unpaired) electrons. The van der Waals surface area contributed by atoms with Gasteiger partial charge in [-0.1, -0.05) is 0 Å². The maximum Gasteiger partial charge on any atom is 0.108 e. The van der Waals surface area contributed by atoms with E-state index >= 15 is 0 Å². The minimum Gasteiger partial charge on any atom is -0.390 e. The molecule has 4 nitrogen and oxygen atoms in total. The van der Waals surface area contributed by atoms with Gasteiger partial charge in [0.2, 0.25) is 0 Å². The van der Waals surface area contributed by atoms with Gasteiger partial charge in [-0.2, -0.15) is 0 Å². The summed E-state index contributed by atoms with van der Waals surface area (Å²) < 4.78 is 0. The molecule has 2 unspecified atom stereocenters. The Morgan fingerprint density at radius 3 is 1.30 bits per heavy atom. The van der Waals surface area contributed by atoms with Gasteiger partial charge in [-0.15, -0.1) is 0 Å². The summed E-state index contributed by atoms with van der Waals surface area (Å²) in [5, 5.41) is 35.8. The van der Waals surface area contributed by atoms with Crippen molar-refractivity contribution in [2.75, 3.05) is 0 Å². The molecule has 1 fully saturated rings. The Morgan fingerprint density at radius 1 is 0.700 bits per heavy atom. The molecule has 1 aliphatic carbocycles. The van der Waals surface area contributed by atoms with Crippen molar-refractivity contribution in [1.82, 2.24) is 0 Å². The molecular weight excluding hydrogens is 136 g/mol. The van der Waals surface area contributed by atoms with Crippen LogP contribution in [0.4, 0.5) is 0 Å². The summed E-state index contributed by atoms with van der Waals surface area (Å²) in [4.78, 5) is 0. The lowest BCUT2D eigenvalue weighted by molar-refractivity contribution is -0.135. The molecule has 0 saturated heterocycles. The van der Waals surface area contributed by atoms with E-state index in [9.17, 15) is 0 Å². The molecule has 0 bridgehead atoms. The minimum absolute atomic E-state index is 0.347. The molecule has 4 N–H and O–H groups in total. The highest BCUT2D eigenvalue weighted by atomic mass is 16.4. The molecule has 0 heterocycles. The van der Waals surface area contributed by atoms with E-state index in [1.165, 1.54) is 0 Å². The first-order valence-corrected chi connectivity index (χ1v) is 3.35. The number of aliphatic hydroxyl groups is 4. The van der Waals surface area contributed by atoms with Gasteiger partial charge in [0, 0.05) is 0 Å². The van der Waals surface area contributed by atoms with Gasteiger partial charge in [-0.25, -0.2) is 0 Å². The van der Waals surface area contributed by atoms with E-state index < -0.39 is 24.4 Å². The fraction of sp³-hybridized carbons (Fsp3) is 1.00. The molecule has 0 aromatic carbocycles. The SMILES string of the molecule is OC1C(O)[C@H](O)CC[C@H]1O. The number of hydrogen-bond donors (Lipinski definition) is 4. The van der Waals surface area contributed by atoms with Gasteiger partial charge >= 0.3 is 0 Å². The van der Waals surface area contributed by atoms with Crippen molar-refractivity contribution in [3.8, 4) is 0 Å². The summed E-state index contributed by atoms with van der Waals surface area (Å²) in [7, 11) is 0. The summed E-state index contributed by atoms with van der Waals surface area (Å²) >= 11 is 0. The lowest BCUT2D eigenvalue weighted by atomic mass is 9.90. The highest BCUT2D eigenvalue weighted by molar-refractivity contribution is 4.86. The third-order valence-corrected chi connectivity index (χ3v) is 1.90. The normalized spacial score (nSPS) is 49.2. The monoisotopic (exact) mass is 148 g/mol. The first-order valence-electron chi connectivity index (χ1n) is 3.35. The fourth-order valence-electron chi connectivity index (χ4n) is 1.14. The molecule has 1 aliphatic rings. The van der Waals surface area contributed by atoms with E-state index in [2.05, 4.69) is 0 Å². The molecule has 1 rings (SSSR count). The van der Waals surface area contributed by atoms with E-state index in [-0.39, 0.29) is 0 Å². The molecule has 0 spiro atoms. The van der Waals surface area contributed by atoms with Crippen LogP contribution in [0.2, 0.25) is 0 Å². The van der Waals surface area contributed by atoms with Crippen LogP contribution < -0.4 is 0 Å². The molecule has 10 heavy (non-hydrogen) atoms. The van der Waals surface area contributed by atoms with Crippen molar-refractivity contribution >= 4 is 0 Å². The van der Waals surface area contributed by atoms with E-state index in [1.54, 1.807) is 0 Å². The van der Waals surface area contributed by atoms with E-state index in [1.807, 2.05) is 0 Å². The van der Waals surface area contributed by atoms with E-state index in [0.717, 1.165) is 0 Å². The summed E-state index contributed by atoms with van der Waals surface area (Å²) in [6.07, 6.45) is -3.47. The standard InChI is InChI=1S/C6H12O4/c7-3-1-2-4(8)6(10)5(3)9/h3-10H,1-2H2/t3-,4-,5?,6?/m1/s1. The summed E-state index contributed by atoms with van der Waals surface area (Å²) in [5.41, 5.74) is 0. The van der Waals surface area contributed by atoms with Gasteiger partial charge in [0.1, 0.15) is 12.2 Å². The second-order valence-corrected chi connectivity index (χ2v) is 2.69. The predicted octanol–water partition coefficient (Wildman–Crippen LogP) is -1.78. The van der Waals surface area contributed by atoms with Crippen LogP contribution in [0, 0.1) is 0 Å². The topological polar surface area (TPSA) is 80.9 Å².